The molecule has 4 aromatic heterocycles. The second-order valence-electron chi connectivity index (χ2n) is 6.73. The molecule has 0 aliphatic carbocycles. The third-order valence-electron chi connectivity index (χ3n) is 4.53. The predicted molar refractivity (Wildman–Crippen MR) is 114 cm³/mol. The molecule has 1 N–H and O–H groups in total. The summed E-state index contributed by atoms with van der Waals surface area (Å²) < 4.78 is 12.4. The van der Waals surface area contributed by atoms with Crippen LogP contribution in [0.25, 0.3) is 22.6 Å². The zero-order valence-electron chi connectivity index (χ0n) is 16.9. The number of aromatic nitrogens is 4. The summed E-state index contributed by atoms with van der Waals surface area (Å²) in [5.74, 6) is 0.504. The van der Waals surface area contributed by atoms with Crippen molar-refractivity contribution < 1.29 is 14.1 Å². The van der Waals surface area contributed by atoms with Crippen LogP contribution in [0.3, 0.4) is 0 Å². The lowest BCUT2D eigenvalue weighted by Gasteiger charge is -2.10. The molecule has 9 heteroatoms. The lowest BCUT2D eigenvalue weighted by Crippen LogP contribution is -2.27. The van der Waals surface area contributed by atoms with Gasteiger partial charge in [-0.3, -0.25) is 14.5 Å². The average Bonchev–Trinajstić information content (AvgIpc) is 3.48. The van der Waals surface area contributed by atoms with Crippen LogP contribution in [0.15, 0.2) is 47.2 Å². The van der Waals surface area contributed by atoms with Crippen molar-refractivity contribution in [3.63, 3.8) is 0 Å². The molecule has 0 unspecified atom stereocenters. The number of thiophene rings is 1. The molecule has 1 amide bonds. The normalized spacial score (nSPS) is 10.9. The Bertz CT molecular complexity index is 1160. The van der Waals surface area contributed by atoms with Crippen molar-refractivity contribution in [2.24, 2.45) is 0 Å². The number of hydrogen-bond donors (Lipinski definition) is 1. The van der Waals surface area contributed by atoms with Gasteiger partial charge in [-0.25, -0.2) is 0 Å². The Hall–Kier alpha value is -3.46. The van der Waals surface area contributed by atoms with E-state index in [2.05, 4.69) is 20.6 Å². The van der Waals surface area contributed by atoms with Crippen LogP contribution < -0.4 is 10.1 Å². The maximum absolute atomic E-state index is 12.4. The van der Waals surface area contributed by atoms with E-state index in [1.165, 1.54) is 11.3 Å². The summed E-state index contributed by atoms with van der Waals surface area (Å²) in [6, 6.07) is 9.35. The van der Waals surface area contributed by atoms with E-state index in [0.717, 1.165) is 28.2 Å². The molecular formula is C21H21N5O3S. The van der Waals surface area contributed by atoms with E-state index < -0.39 is 0 Å². The average molecular weight is 423 g/mol. The van der Waals surface area contributed by atoms with Crippen molar-refractivity contribution in [3.05, 3.63) is 59.0 Å². The maximum Gasteiger partial charge on any atom is 0.261 e. The third-order valence-corrected chi connectivity index (χ3v) is 5.58. The highest BCUT2D eigenvalue weighted by Gasteiger charge is 2.18. The van der Waals surface area contributed by atoms with Crippen molar-refractivity contribution in [1.29, 1.82) is 0 Å². The second kappa shape index (κ2) is 8.50. The largest absolute Gasteiger partial charge is 0.487 e. The Labute approximate surface area is 177 Å². The first kappa shape index (κ1) is 19.8. The van der Waals surface area contributed by atoms with Gasteiger partial charge in [-0.2, -0.15) is 5.10 Å². The Morgan fingerprint density at radius 2 is 2.07 bits per heavy atom. The van der Waals surface area contributed by atoms with Crippen LogP contribution in [0.1, 0.15) is 21.1 Å². The van der Waals surface area contributed by atoms with Gasteiger partial charge >= 0.3 is 0 Å². The molecule has 0 atom stereocenters. The molecule has 0 aromatic carbocycles. The summed E-state index contributed by atoms with van der Waals surface area (Å²) >= 11 is 1.31. The molecule has 8 nitrogen and oxygen atoms in total. The van der Waals surface area contributed by atoms with Gasteiger partial charge in [0, 0.05) is 30.1 Å². The Balaban J connectivity index is 1.56. The monoisotopic (exact) mass is 423 g/mol. The van der Waals surface area contributed by atoms with Crippen molar-refractivity contribution in [1.82, 2.24) is 25.2 Å². The van der Waals surface area contributed by atoms with Crippen LogP contribution >= 0.6 is 11.3 Å². The minimum atomic E-state index is -0.139. The summed E-state index contributed by atoms with van der Waals surface area (Å²) in [6.07, 6.45) is 3.56. The highest BCUT2D eigenvalue weighted by atomic mass is 32.1. The van der Waals surface area contributed by atoms with E-state index in [1.54, 1.807) is 25.4 Å². The molecule has 0 radical (unpaired) electrons. The fraction of sp³-hybridized carbons (Fsp3) is 0.238. The molecule has 0 bridgehead atoms. The number of pyridine rings is 1. The Kier molecular flexibility index (Phi) is 5.62. The highest BCUT2D eigenvalue weighted by molar-refractivity contribution is 7.15. The molecule has 0 saturated heterocycles. The van der Waals surface area contributed by atoms with E-state index >= 15 is 0 Å². The van der Waals surface area contributed by atoms with E-state index in [1.807, 2.05) is 42.9 Å². The number of hydrogen-bond acceptors (Lipinski definition) is 7. The number of amides is 1. The zero-order valence-corrected chi connectivity index (χ0v) is 17.7. The summed E-state index contributed by atoms with van der Waals surface area (Å²) in [6.45, 7) is 4.73. The van der Waals surface area contributed by atoms with Crippen LogP contribution in [0.5, 0.6) is 5.06 Å². The van der Waals surface area contributed by atoms with Crippen molar-refractivity contribution in [2.45, 2.75) is 20.4 Å². The summed E-state index contributed by atoms with van der Waals surface area (Å²) in [5.41, 5.74) is 4.34. The van der Waals surface area contributed by atoms with Gasteiger partial charge in [-0.1, -0.05) is 16.5 Å². The van der Waals surface area contributed by atoms with E-state index in [9.17, 15) is 4.79 Å². The number of methoxy groups -OCH3 is 1. The summed E-state index contributed by atoms with van der Waals surface area (Å²) in [5, 5.41) is 12.1. The van der Waals surface area contributed by atoms with E-state index in [-0.39, 0.29) is 5.91 Å². The Morgan fingerprint density at radius 3 is 2.73 bits per heavy atom. The summed E-state index contributed by atoms with van der Waals surface area (Å²) in [4.78, 5) is 17.4. The first-order valence-electron chi connectivity index (χ1n) is 9.39. The highest BCUT2D eigenvalue weighted by Crippen LogP contribution is 2.32. The SMILES string of the molecule is COc1ccc(C(=O)NCCn2ncc(-c3cc(C)no3)c2-c2ccc(C)nc2)s1. The van der Waals surface area contributed by atoms with Crippen molar-refractivity contribution >= 4 is 17.2 Å². The molecule has 0 aliphatic heterocycles. The topological polar surface area (TPSA) is 95.1 Å². The van der Waals surface area contributed by atoms with Crippen LogP contribution in [-0.4, -0.2) is 39.5 Å². The first-order chi connectivity index (χ1) is 14.5. The smallest absolute Gasteiger partial charge is 0.261 e. The molecule has 154 valence electrons. The minimum absolute atomic E-state index is 0.139. The van der Waals surface area contributed by atoms with Crippen molar-refractivity contribution in [3.8, 4) is 27.6 Å². The van der Waals surface area contributed by atoms with Gasteiger partial charge in [0.15, 0.2) is 10.8 Å². The maximum atomic E-state index is 12.4. The molecule has 4 aromatic rings. The van der Waals surface area contributed by atoms with E-state index in [0.29, 0.717) is 28.8 Å². The first-order valence-corrected chi connectivity index (χ1v) is 10.2. The number of ether oxygens (including phenoxy) is 1. The van der Waals surface area contributed by atoms with Gasteiger partial charge in [-0.05, 0) is 38.1 Å². The number of aryl methyl sites for hydroxylation is 2. The minimum Gasteiger partial charge on any atom is -0.487 e. The van der Waals surface area contributed by atoms with Gasteiger partial charge in [-0.15, -0.1) is 0 Å². The molecule has 4 heterocycles. The lowest BCUT2D eigenvalue weighted by molar-refractivity contribution is 0.0956. The number of nitrogens with zero attached hydrogens (tertiary/aromatic N) is 4. The number of nitrogens with one attached hydrogen (secondary N) is 1. The molecule has 4 rings (SSSR count). The van der Waals surface area contributed by atoms with Crippen LogP contribution in [0.4, 0.5) is 0 Å². The van der Waals surface area contributed by atoms with Gasteiger partial charge in [0.2, 0.25) is 0 Å². The fourth-order valence-corrected chi connectivity index (χ4v) is 3.79. The van der Waals surface area contributed by atoms with E-state index in [4.69, 9.17) is 9.26 Å². The number of carbonyl (C=O) groups excluding carboxylic acids is 1. The van der Waals surface area contributed by atoms with Gasteiger partial charge in [0.05, 0.1) is 41.7 Å². The molecule has 0 spiro atoms. The van der Waals surface area contributed by atoms with Gasteiger partial charge < -0.3 is 14.6 Å². The Morgan fingerprint density at radius 1 is 1.20 bits per heavy atom. The molecule has 30 heavy (non-hydrogen) atoms. The fourth-order valence-electron chi connectivity index (χ4n) is 3.05. The quantitative estimate of drug-likeness (QED) is 0.487. The summed E-state index contributed by atoms with van der Waals surface area (Å²) in [7, 11) is 1.58. The van der Waals surface area contributed by atoms with Crippen LogP contribution in [0, 0.1) is 13.8 Å². The third kappa shape index (κ3) is 4.11. The van der Waals surface area contributed by atoms with Gasteiger partial charge in [0.1, 0.15) is 0 Å². The van der Waals surface area contributed by atoms with Crippen LogP contribution in [0.2, 0.25) is 0 Å². The number of carbonyl (C=O) groups is 1. The second-order valence-corrected chi connectivity index (χ2v) is 7.78. The molecule has 0 fully saturated rings. The van der Waals surface area contributed by atoms with Crippen LogP contribution in [-0.2, 0) is 6.54 Å². The van der Waals surface area contributed by atoms with Gasteiger partial charge in [0.25, 0.3) is 5.91 Å². The number of rotatable bonds is 7. The van der Waals surface area contributed by atoms with Crippen molar-refractivity contribution in [2.75, 3.05) is 13.7 Å². The zero-order chi connectivity index (χ0) is 21.1. The predicted octanol–water partition coefficient (Wildman–Crippen LogP) is 3.72. The lowest BCUT2D eigenvalue weighted by atomic mass is 10.1. The standard InChI is InChI=1S/C21H21N5O3S/c1-13-4-5-15(11-23-13)20-16(17-10-14(2)25-29-17)12-24-26(20)9-8-22-21(27)18-6-7-19(28-3)30-18/h4-7,10-12H,8-9H2,1-3H3,(H,22,27). The molecule has 0 saturated carbocycles. The molecule has 0 aliphatic rings. The molecular weight excluding hydrogens is 402 g/mol.